The third kappa shape index (κ3) is 3.63. The number of para-hydroxylation sites is 1. The van der Waals surface area contributed by atoms with Gasteiger partial charge in [0, 0.05) is 6.42 Å². The van der Waals surface area contributed by atoms with Crippen molar-refractivity contribution in [1.29, 1.82) is 0 Å². The van der Waals surface area contributed by atoms with Gasteiger partial charge in [-0.3, -0.25) is 19.3 Å². The maximum Gasteiger partial charge on any atom is 0.322 e. The van der Waals surface area contributed by atoms with Crippen LogP contribution in [0.5, 0.6) is 0 Å². The lowest BCUT2D eigenvalue weighted by molar-refractivity contribution is -0.137. The first-order valence-corrected chi connectivity index (χ1v) is 7.77. The maximum absolute atomic E-state index is 12.5. The fourth-order valence-corrected chi connectivity index (χ4v) is 3.55. The van der Waals surface area contributed by atoms with Gasteiger partial charge in [-0.25, -0.2) is 0 Å². The van der Waals surface area contributed by atoms with E-state index in [0.717, 1.165) is 17.3 Å². The highest BCUT2D eigenvalue weighted by Crippen LogP contribution is 2.34. The molecular weight excluding hydrogens is 324 g/mol. The monoisotopic (exact) mass is 338 g/mol. The number of rotatable bonds is 5. The van der Waals surface area contributed by atoms with Gasteiger partial charge in [0.25, 0.3) is 0 Å². The fraction of sp³-hybridized carbons (Fsp3) is 0.286. The van der Waals surface area contributed by atoms with Gasteiger partial charge in [0.2, 0.25) is 11.8 Å². The second kappa shape index (κ2) is 6.89. The maximum atomic E-state index is 12.5. The number of thiocarbonyl (C=S) groups is 1. The van der Waals surface area contributed by atoms with Crippen molar-refractivity contribution in [2.45, 2.75) is 18.6 Å². The van der Waals surface area contributed by atoms with Gasteiger partial charge < -0.3 is 10.4 Å². The van der Waals surface area contributed by atoms with Crippen LogP contribution in [-0.4, -0.2) is 39.0 Å². The zero-order valence-corrected chi connectivity index (χ0v) is 13.4. The summed E-state index contributed by atoms with van der Waals surface area (Å²) < 4.78 is 0.398. The Morgan fingerprint density at radius 1 is 1.41 bits per heavy atom. The number of anilines is 1. The molecule has 1 saturated heterocycles. The molecule has 22 heavy (non-hydrogen) atoms. The van der Waals surface area contributed by atoms with E-state index in [4.69, 9.17) is 17.3 Å². The van der Waals surface area contributed by atoms with Gasteiger partial charge in [-0.1, -0.05) is 42.2 Å². The predicted molar refractivity (Wildman–Crippen MR) is 87.9 cm³/mol. The summed E-state index contributed by atoms with van der Waals surface area (Å²) >= 11 is 6.38. The van der Waals surface area contributed by atoms with Crippen LogP contribution in [0.1, 0.15) is 12.0 Å². The number of aryl methyl sites for hydroxylation is 1. The Labute approximate surface area is 136 Å². The Bertz CT molecular complexity index is 647. The number of nitrogens with zero attached hydrogens (tertiary/aromatic N) is 1. The molecule has 1 aromatic carbocycles. The third-order valence-electron chi connectivity index (χ3n) is 3.09. The molecule has 0 saturated carbocycles. The number of carboxylic acids is 1. The van der Waals surface area contributed by atoms with Gasteiger partial charge in [-0.15, -0.1) is 0 Å². The Balaban J connectivity index is 2.08. The zero-order valence-electron chi connectivity index (χ0n) is 11.7. The van der Waals surface area contributed by atoms with E-state index in [0.29, 0.717) is 10.0 Å². The summed E-state index contributed by atoms with van der Waals surface area (Å²) in [6.45, 7) is 1.42. The van der Waals surface area contributed by atoms with Crippen molar-refractivity contribution in [3.8, 4) is 0 Å². The molecule has 0 bridgehead atoms. The number of carbonyl (C=O) groups is 3. The SMILES string of the molecule is Cc1ccccc1N1C(=O)C(CC(=O)NCC(=O)O)SC1=S. The molecule has 0 radical (unpaired) electrons. The number of amides is 2. The smallest absolute Gasteiger partial charge is 0.322 e. The zero-order chi connectivity index (χ0) is 16.3. The number of thioether (sulfide) groups is 1. The fourth-order valence-electron chi connectivity index (χ4n) is 2.03. The van der Waals surface area contributed by atoms with E-state index in [-0.39, 0.29) is 12.3 Å². The van der Waals surface area contributed by atoms with E-state index in [1.165, 1.54) is 4.90 Å². The summed E-state index contributed by atoms with van der Waals surface area (Å²) in [6, 6.07) is 7.36. The largest absolute Gasteiger partial charge is 0.480 e. The number of hydrogen-bond donors (Lipinski definition) is 2. The molecule has 116 valence electrons. The Morgan fingerprint density at radius 3 is 2.73 bits per heavy atom. The molecule has 2 amide bonds. The van der Waals surface area contributed by atoms with Crippen molar-refractivity contribution in [2.24, 2.45) is 0 Å². The minimum Gasteiger partial charge on any atom is -0.480 e. The summed E-state index contributed by atoms with van der Waals surface area (Å²) in [7, 11) is 0. The summed E-state index contributed by atoms with van der Waals surface area (Å²) in [6.07, 6.45) is -0.0979. The normalized spacial score (nSPS) is 17.7. The van der Waals surface area contributed by atoms with E-state index in [1.54, 1.807) is 6.07 Å². The van der Waals surface area contributed by atoms with Crippen molar-refractivity contribution in [1.82, 2.24) is 5.32 Å². The summed E-state index contributed by atoms with van der Waals surface area (Å²) in [5, 5.41) is 10.1. The summed E-state index contributed by atoms with van der Waals surface area (Å²) in [5.41, 5.74) is 1.62. The van der Waals surface area contributed by atoms with Crippen molar-refractivity contribution in [3.05, 3.63) is 29.8 Å². The van der Waals surface area contributed by atoms with Gasteiger partial charge in [0.15, 0.2) is 0 Å². The van der Waals surface area contributed by atoms with E-state index < -0.39 is 23.7 Å². The highest BCUT2D eigenvalue weighted by atomic mass is 32.2. The van der Waals surface area contributed by atoms with Gasteiger partial charge >= 0.3 is 5.97 Å². The first-order chi connectivity index (χ1) is 10.4. The highest BCUT2D eigenvalue weighted by molar-refractivity contribution is 8.25. The molecule has 1 fully saturated rings. The van der Waals surface area contributed by atoms with E-state index >= 15 is 0 Å². The van der Waals surface area contributed by atoms with Crippen LogP contribution in [0.15, 0.2) is 24.3 Å². The number of aliphatic carboxylic acids is 1. The predicted octanol–water partition coefficient (Wildman–Crippen LogP) is 1.32. The molecule has 1 aliphatic heterocycles. The minimum atomic E-state index is -1.13. The molecular formula is C14H14N2O4S2. The minimum absolute atomic E-state index is 0.0979. The number of benzene rings is 1. The van der Waals surface area contributed by atoms with E-state index in [9.17, 15) is 14.4 Å². The van der Waals surface area contributed by atoms with Crippen molar-refractivity contribution >= 4 is 51.8 Å². The van der Waals surface area contributed by atoms with Crippen LogP contribution in [0.3, 0.4) is 0 Å². The molecule has 0 aromatic heterocycles. The van der Waals surface area contributed by atoms with E-state index in [1.807, 2.05) is 25.1 Å². The van der Waals surface area contributed by atoms with Crippen LogP contribution in [-0.2, 0) is 14.4 Å². The lowest BCUT2D eigenvalue weighted by Gasteiger charge is -2.17. The topological polar surface area (TPSA) is 86.7 Å². The van der Waals surface area contributed by atoms with Gasteiger partial charge in [0.05, 0.1) is 5.69 Å². The van der Waals surface area contributed by atoms with Gasteiger partial charge in [-0.2, -0.15) is 0 Å². The molecule has 1 unspecified atom stereocenters. The van der Waals surface area contributed by atoms with Crippen LogP contribution in [0.25, 0.3) is 0 Å². The highest BCUT2D eigenvalue weighted by Gasteiger charge is 2.39. The van der Waals surface area contributed by atoms with Gasteiger partial charge in [-0.05, 0) is 18.6 Å². The lowest BCUT2D eigenvalue weighted by atomic mass is 10.1. The molecule has 1 heterocycles. The molecule has 0 aliphatic carbocycles. The molecule has 6 nitrogen and oxygen atoms in total. The van der Waals surface area contributed by atoms with Crippen molar-refractivity contribution in [2.75, 3.05) is 11.4 Å². The van der Waals surface area contributed by atoms with E-state index in [2.05, 4.69) is 5.32 Å². The second-order valence-corrected chi connectivity index (χ2v) is 6.54. The van der Waals surface area contributed by atoms with Crippen LogP contribution in [0.4, 0.5) is 5.69 Å². The van der Waals surface area contributed by atoms with Crippen molar-refractivity contribution in [3.63, 3.8) is 0 Å². The average molecular weight is 338 g/mol. The summed E-state index contributed by atoms with van der Waals surface area (Å²) in [5.74, 6) is -1.87. The average Bonchev–Trinajstić information content (AvgIpc) is 2.72. The number of hydrogen-bond acceptors (Lipinski definition) is 5. The molecule has 1 atom stereocenters. The first-order valence-electron chi connectivity index (χ1n) is 6.49. The summed E-state index contributed by atoms with van der Waals surface area (Å²) in [4.78, 5) is 36.0. The van der Waals surface area contributed by atoms with Crippen LogP contribution in [0.2, 0.25) is 0 Å². The van der Waals surface area contributed by atoms with Crippen LogP contribution >= 0.6 is 24.0 Å². The molecule has 8 heteroatoms. The molecule has 2 rings (SSSR count). The number of nitrogens with one attached hydrogen (secondary N) is 1. The van der Waals surface area contributed by atoms with Crippen LogP contribution < -0.4 is 10.2 Å². The first kappa shape index (κ1) is 16.4. The van der Waals surface area contributed by atoms with Crippen LogP contribution in [0, 0.1) is 6.92 Å². The lowest BCUT2D eigenvalue weighted by Crippen LogP contribution is -2.36. The Kier molecular flexibility index (Phi) is 5.15. The molecule has 1 aromatic rings. The van der Waals surface area contributed by atoms with Crippen molar-refractivity contribution < 1.29 is 19.5 Å². The third-order valence-corrected chi connectivity index (χ3v) is 4.59. The Morgan fingerprint density at radius 2 is 2.09 bits per heavy atom. The molecule has 0 spiro atoms. The second-order valence-electron chi connectivity index (χ2n) is 4.71. The number of carbonyl (C=O) groups excluding carboxylic acids is 2. The Hall–Kier alpha value is -1.93. The quantitative estimate of drug-likeness (QED) is 0.788. The molecule has 2 N–H and O–H groups in total. The van der Waals surface area contributed by atoms with Gasteiger partial charge in [0.1, 0.15) is 16.1 Å². The number of carboxylic acid groups (broad SMARTS) is 1. The molecule has 1 aliphatic rings. The standard InChI is InChI=1S/C14H14N2O4S2/c1-8-4-2-3-5-9(8)16-13(20)10(22-14(16)21)6-11(17)15-7-12(18)19/h2-5,10H,6-7H2,1H3,(H,15,17)(H,18,19).